The predicted molar refractivity (Wildman–Crippen MR) is 85.3 cm³/mol. The van der Waals surface area contributed by atoms with Crippen molar-refractivity contribution >= 4 is 29.0 Å². The number of hydrogen-bond donors (Lipinski definition) is 1. The van der Waals surface area contributed by atoms with Gasteiger partial charge in [0.15, 0.2) is 0 Å². The van der Waals surface area contributed by atoms with Gasteiger partial charge in [0.25, 0.3) is 0 Å². The van der Waals surface area contributed by atoms with Gasteiger partial charge in [-0.25, -0.2) is 0 Å². The largest absolute Gasteiger partial charge is 0.497 e. The van der Waals surface area contributed by atoms with E-state index in [9.17, 15) is 4.79 Å². The third-order valence-corrected chi connectivity index (χ3v) is 4.75. The summed E-state index contributed by atoms with van der Waals surface area (Å²) in [5.74, 6) is 2.29. The maximum atomic E-state index is 11.7. The maximum absolute atomic E-state index is 11.7. The lowest BCUT2D eigenvalue weighted by molar-refractivity contribution is -0.118. The maximum Gasteiger partial charge on any atom is 0.230 e. The molecule has 1 aromatic heterocycles. The van der Waals surface area contributed by atoms with E-state index < -0.39 is 0 Å². The van der Waals surface area contributed by atoms with Crippen LogP contribution in [0.15, 0.2) is 41.8 Å². The van der Waals surface area contributed by atoms with Crippen molar-refractivity contribution in [2.75, 3.05) is 12.9 Å². The number of ether oxygens (including phenoxy) is 1. The third-order valence-electron chi connectivity index (χ3n) is 2.71. The first-order valence-electron chi connectivity index (χ1n) is 6.27. The van der Waals surface area contributed by atoms with Crippen LogP contribution in [-0.2, 0) is 17.1 Å². The summed E-state index contributed by atoms with van der Waals surface area (Å²) in [6, 6.07) is 11.8. The molecule has 3 nitrogen and oxygen atoms in total. The van der Waals surface area contributed by atoms with Crippen LogP contribution < -0.4 is 10.1 Å². The topological polar surface area (TPSA) is 38.3 Å². The Morgan fingerprint density at radius 2 is 2.10 bits per heavy atom. The summed E-state index contributed by atoms with van der Waals surface area (Å²) >= 11 is 3.36. The van der Waals surface area contributed by atoms with Crippen LogP contribution in [-0.4, -0.2) is 18.8 Å². The molecule has 20 heavy (non-hydrogen) atoms. The summed E-state index contributed by atoms with van der Waals surface area (Å²) in [5.41, 5.74) is 1.07. The molecule has 0 unspecified atom stereocenters. The van der Waals surface area contributed by atoms with Crippen molar-refractivity contribution in [3.05, 3.63) is 52.2 Å². The highest BCUT2D eigenvalue weighted by atomic mass is 32.2. The van der Waals surface area contributed by atoms with Crippen molar-refractivity contribution in [3.63, 3.8) is 0 Å². The molecule has 0 atom stereocenters. The summed E-state index contributed by atoms with van der Waals surface area (Å²) in [5, 5.41) is 4.97. The SMILES string of the molecule is COc1ccc(CNC(=O)CSCc2cccs2)cc1. The number of nitrogens with one attached hydrogen (secondary N) is 1. The standard InChI is InChI=1S/C15H17NO2S2/c1-18-13-6-4-12(5-7-13)9-16-15(17)11-19-10-14-3-2-8-20-14/h2-8H,9-11H2,1H3,(H,16,17). The molecule has 106 valence electrons. The fourth-order valence-corrected chi connectivity index (χ4v) is 3.33. The zero-order chi connectivity index (χ0) is 14.2. The van der Waals surface area contributed by atoms with E-state index in [1.54, 1.807) is 30.2 Å². The second kappa shape index (κ2) is 7.97. The predicted octanol–water partition coefficient (Wildman–Crippen LogP) is 3.31. The number of rotatable bonds is 7. The van der Waals surface area contributed by atoms with Crippen LogP contribution in [0.5, 0.6) is 5.75 Å². The van der Waals surface area contributed by atoms with Crippen LogP contribution in [0.3, 0.4) is 0 Å². The van der Waals surface area contributed by atoms with Gasteiger partial charge < -0.3 is 10.1 Å². The highest BCUT2D eigenvalue weighted by Gasteiger charge is 2.03. The van der Waals surface area contributed by atoms with Gasteiger partial charge in [0.2, 0.25) is 5.91 Å². The van der Waals surface area contributed by atoms with Gasteiger partial charge in [-0.2, -0.15) is 0 Å². The number of hydrogen-bond acceptors (Lipinski definition) is 4. The summed E-state index contributed by atoms with van der Waals surface area (Å²) in [7, 11) is 1.64. The summed E-state index contributed by atoms with van der Waals surface area (Å²) in [4.78, 5) is 13.0. The minimum Gasteiger partial charge on any atom is -0.497 e. The average Bonchev–Trinajstić information content (AvgIpc) is 2.99. The Hall–Kier alpha value is -1.46. The number of amides is 1. The lowest BCUT2D eigenvalue weighted by Crippen LogP contribution is -2.24. The molecular formula is C15H17NO2S2. The Bertz CT molecular complexity index is 523. The molecule has 0 fully saturated rings. The van der Waals surface area contributed by atoms with Gasteiger partial charge >= 0.3 is 0 Å². The van der Waals surface area contributed by atoms with Crippen LogP contribution in [0.2, 0.25) is 0 Å². The molecule has 0 aliphatic heterocycles. The van der Waals surface area contributed by atoms with Crippen molar-refractivity contribution in [3.8, 4) is 5.75 Å². The molecule has 2 aromatic rings. The van der Waals surface area contributed by atoms with Crippen LogP contribution >= 0.6 is 23.1 Å². The van der Waals surface area contributed by atoms with Gasteiger partial charge in [-0.3, -0.25) is 4.79 Å². The molecule has 2 rings (SSSR count). The molecule has 1 N–H and O–H groups in total. The van der Waals surface area contributed by atoms with E-state index in [0.29, 0.717) is 12.3 Å². The number of carbonyl (C=O) groups is 1. The molecular weight excluding hydrogens is 290 g/mol. The van der Waals surface area contributed by atoms with Crippen LogP contribution in [0.25, 0.3) is 0 Å². The van der Waals surface area contributed by atoms with Crippen molar-refractivity contribution in [2.45, 2.75) is 12.3 Å². The number of benzene rings is 1. The molecule has 1 amide bonds. The van der Waals surface area contributed by atoms with Gasteiger partial charge in [0.05, 0.1) is 12.9 Å². The Morgan fingerprint density at radius 3 is 2.75 bits per heavy atom. The summed E-state index contributed by atoms with van der Waals surface area (Å²) < 4.78 is 5.09. The van der Waals surface area contributed by atoms with E-state index in [1.165, 1.54) is 4.88 Å². The summed E-state index contributed by atoms with van der Waals surface area (Å²) in [6.07, 6.45) is 0. The van der Waals surface area contributed by atoms with E-state index in [4.69, 9.17) is 4.74 Å². The minimum absolute atomic E-state index is 0.0716. The molecule has 0 radical (unpaired) electrons. The fourth-order valence-electron chi connectivity index (χ4n) is 1.63. The van der Waals surface area contributed by atoms with Gasteiger partial charge in [0.1, 0.15) is 5.75 Å². The van der Waals surface area contributed by atoms with E-state index >= 15 is 0 Å². The molecule has 0 saturated heterocycles. The Labute approximate surface area is 127 Å². The quantitative estimate of drug-likeness (QED) is 0.853. The molecule has 1 aromatic carbocycles. The second-order valence-corrected chi connectivity index (χ2v) is 6.21. The van der Waals surface area contributed by atoms with E-state index in [1.807, 2.05) is 30.3 Å². The zero-order valence-electron chi connectivity index (χ0n) is 11.3. The first-order valence-corrected chi connectivity index (χ1v) is 8.31. The number of carbonyl (C=O) groups excluding carboxylic acids is 1. The molecule has 0 aliphatic carbocycles. The lowest BCUT2D eigenvalue weighted by atomic mass is 10.2. The molecule has 0 saturated carbocycles. The molecule has 5 heteroatoms. The van der Waals surface area contributed by atoms with E-state index in [0.717, 1.165) is 17.1 Å². The Morgan fingerprint density at radius 1 is 1.30 bits per heavy atom. The normalized spacial score (nSPS) is 10.2. The van der Waals surface area contributed by atoms with Crippen molar-refractivity contribution < 1.29 is 9.53 Å². The third kappa shape index (κ3) is 4.90. The van der Waals surface area contributed by atoms with Crippen molar-refractivity contribution in [1.82, 2.24) is 5.32 Å². The average molecular weight is 307 g/mol. The highest BCUT2D eigenvalue weighted by molar-refractivity contribution is 7.99. The van der Waals surface area contributed by atoms with Gasteiger partial charge in [0, 0.05) is 17.2 Å². The van der Waals surface area contributed by atoms with Crippen LogP contribution in [0.1, 0.15) is 10.4 Å². The second-order valence-electron chi connectivity index (χ2n) is 4.20. The van der Waals surface area contributed by atoms with Gasteiger partial charge in [-0.1, -0.05) is 18.2 Å². The first kappa shape index (κ1) is 14.9. The van der Waals surface area contributed by atoms with E-state index in [-0.39, 0.29) is 5.91 Å². The molecule has 0 bridgehead atoms. The van der Waals surface area contributed by atoms with Crippen molar-refractivity contribution in [1.29, 1.82) is 0 Å². The Kier molecular flexibility index (Phi) is 5.95. The molecule has 0 aliphatic rings. The van der Waals surface area contributed by atoms with Crippen LogP contribution in [0, 0.1) is 0 Å². The molecule has 1 heterocycles. The summed E-state index contributed by atoms with van der Waals surface area (Å²) in [6.45, 7) is 0.558. The van der Waals surface area contributed by atoms with Crippen molar-refractivity contribution in [2.24, 2.45) is 0 Å². The first-order chi connectivity index (χ1) is 9.78. The lowest BCUT2D eigenvalue weighted by Gasteiger charge is -2.06. The fraction of sp³-hybridized carbons (Fsp3) is 0.267. The van der Waals surface area contributed by atoms with Crippen LogP contribution in [0.4, 0.5) is 0 Å². The smallest absolute Gasteiger partial charge is 0.230 e. The highest BCUT2D eigenvalue weighted by Crippen LogP contribution is 2.16. The minimum atomic E-state index is 0.0716. The van der Waals surface area contributed by atoms with Gasteiger partial charge in [-0.05, 0) is 29.1 Å². The number of thioether (sulfide) groups is 1. The van der Waals surface area contributed by atoms with E-state index in [2.05, 4.69) is 16.8 Å². The Balaban J connectivity index is 1.66. The number of thiophene rings is 1. The number of methoxy groups -OCH3 is 1. The monoisotopic (exact) mass is 307 g/mol. The molecule has 0 spiro atoms. The van der Waals surface area contributed by atoms with Gasteiger partial charge in [-0.15, -0.1) is 23.1 Å². The zero-order valence-corrected chi connectivity index (χ0v) is 12.9.